The van der Waals surface area contributed by atoms with Crippen LogP contribution < -0.4 is 19.9 Å². The highest BCUT2D eigenvalue weighted by molar-refractivity contribution is 9.10. The molecule has 0 aliphatic heterocycles. The number of hydrogen-bond donors (Lipinski definition) is 3. The molecular formula is C20H24BrCl2N3O5. The number of aromatic nitrogens is 2. The minimum absolute atomic E-state index is 0.570. The minimum Gasteiger partial charge on any atom is -0.493 e. The first-order valence-electron chi connectivity index (χ1n) is 8.79. The van der Waals surface area contributed by atoms with Crippen molar-refractivity contribution in [1.29, 1.82) is 0 Å². The second-order valence-electron chi connectivity index (χ2n) is 5.93. The van der Waals surface area contributed by atoms with E-state index in [1.807, 2.05) is 48.9 Å². The normalized spacial score (nSPS) is 9.71. The number of benzene rings is 2. The summed E-state index contributed by atoms with van der Waals surface area (Å²) in [5, 5.41) is 0. The molecule has 3 rings (SSSR count). The Hall–Kier alpha value is -2.17. The Morgan fingerprint density at radius 1 is 1.03 bits per heavy atom. The molecule has 0 saturated carbocycles. The minimum atomic E-state index is 0.570. The van der Waals surface area contributed by atoms with Gasteiger partial charge in [0.05, 0.1) is 72.4 Å². The van der Waals surface area contributed by atoms with Gasteiger partial charge in [0.15, 0.2) is 11.5 Å². The summed E-state index contributed by atoms with van der Waals surface area (Å²) in [6.07, 6.45) is 1.78. The lowest BCUT2D eigenvalue weighted by Gasteiger charge is -2.13. The van der Waals surface area contributed by atoms with Crippen molar-refractivity contribution in [3.63, 3.8) is 0 Å². The van der Waals surface area contributed by atoms with Crippen molar-refractivity contribution >= 4 is 45.3 Å². The summed E-state index contributed by atoms with van der Waals surface area (Å²) < 4.78 is 32.1. The van der Waals surface area contributed by atoms with E-state index < -0.39 is 0 Å². The molecule has 4 N–H and O–H groups in total. The summed E-state index contributed by atoms with van der Waals surface area (Å²) >= 11 is 10.8. The maximum absolute atomic E-state index is 6.47. The van der Waals surface area contributed by atoms with Crippen molar-refractivity contribution < 1.29 is 23.5 Å². The van der Waals surface area contributed by atoms with E-state index >= 15 is 0 Å². The Bertz CT molecular complexity index is 986. The van der Waals surface area contributed by atoms with Gasteiger partial charge in [-0.3, -0.25) is 9.32 Å². The van der Waals surface area contributed by atoms with Crippen LogP contribution in [0.2, 0.25) is 0 Å². The summed E-state index contributed by atoms with van der Waals surface area (Å²) in [5.74, 6) is 1.95. The largest absolute Gasteiger partial charge is 0.493 e. The molecule has 0 unspecified atom stereocenters. The lowest BCUT2D eigenvalue weighted by Crippen LogP contribution is -1.98. The number of hydrogen-bond acceptors (Lipinski definition) is 7. The van der Waals surface area contributed by atoms with Crippen molar-refractivity contribution in [2.75, 3.05) is 26.6 Å². The van der Waals surface area contributed by atoms with Gasteiger partial charge < -0.3 is 24.5 Å². The van der Waals surface area contributed by atoms with Crippen molar-refractivity contribution in [2.45, 2.75) is 6.92 Å². The van der Waals surface area contributed by atoms with E-state index in [0.717, 1.165) is 27.0 Å². The maximum atomic E-state index is 6.47. The van der Waals surface area contributed by atoms with E-state index in [1.54, 1.807) is 20.5 Å². The lowest BCUT2D eigenvalue weighted by molar-refractivity contribution is 0.342. The number of aryl methyl sites for hydroxylation is 1. The molecular weight excluding hydrogens is 513 g/mol. The van der Waals surface area contributed by atoms with Gasteiger partial charge in [-0.15, -0.1) is 0 Å². The smallest absolute Gasteiger partial charge is 0.174 e. The highest BCUT2D eigenvalue weighted by atomic mass is 79.9. The Kier molecular flexibility index (Phi) is 11.5. The van der Waals surface area contributed by atoms with Crippen LogP contribution in [0.15, 0.2) is 41.1 Å². The number of halogens is 3. The summed E-state index contributed by atoms with van der Waals surface area (Å²) in [6.45, 7) is 2.50. The van der Waals surface area contributed by atoms with E-state index in [1.165, 1.54) is 0 Å². The molecule has 0 amide bonds. The highest BCUT2D eigenvalue weighted by Gasteiger charge is 2.18. The number of ether oxygens (including phenoxy) is 3. The van der Waals surface area contributed by atoms with Gasteiger partial charge in [-0.1, -0.05) is 0 Å². The third kappa shape index (κ3) is 6.18. The third-order valence-corrected chi connectivity index (χ3v) is 4.82. The molecule has 2 aromatic carbocycles. The van der Waals surface area contributed by atoms with Crippen LogP contribution in [0.5, 0.6) is 17.2 Å². The van der Waals surface area contributed by atoms with E-state index in [-0.39, 0.29) is 0 Å². The molecule has 8 nitrogen and oxygen atoms in total. The topological polar surface area (TPSA) is 112 Å². The molecule has 0 bridgehead atoms. The zero-order valence-electron chi connectivity index (χ0n) is 17.4. The lowest BCUT2D eigenvalue weighted by atomic mass is 10.0. The SMILES string of the molecule is CCOc1ccc(-c2c(-c3cc(Br)c(OC)c(OC)c3)ncn2C)cc1N.OCl.OCl. The Labute approximate surface area is 199 Å². The van der Waals surface area contributed by atoms with Crippen LogP contribution in [0.1, 0.15) is 6.92 Å². The Morgan fingerprint density at radius 2 is 1.71 bits per heavy atom. The Balaban J connectivity index is 0.00000113. The summed E-state index contributed by atoms with van der Waals surface area (Å²) in [6, 6.07) is 9.65. The molecule has 3 aromatic rings. The van der Waals surface area contributed by atoms with E-state index in [9.17, 15) is 0 Å². The van der Waals surface area contributed by atoms with Gasteiger partial charge >= 0.3 is 0 Å². The van der Waals surface area contributed by atoms with Crippen molar-refractivity contribution in [2.24, 2.45) is 7.05 Å². The fourth-order valence-corrected chi connectivity index (χ4v) is 3.62. The molecule has 11 heteroatoms. The standard InChI is InChI=1S/C20H22BrN3O3.2ClHO/c1-5-27-16-7-6-12(9-15(16)22)19-18(23-11-24(19)2)13-8-14(21)20(26-4)17(10-13)25-3;2*1-2/h6-11H,5,22H2,1-4H3;2*2H. The molecule has 0 saturated heterocycles. The van der Waals surface area contributed by atoms with Crippen LogP contribution in [0, 0.1) is 0 Å². The number of rotatable bonds is 6. The number of methoxy groups -OCH3 is 2. The molecule has 0 atom stereocenters. The van der Waals surface area contributed by atoms with Crippen LogP contribution in [-0.4, -0.2) is 39.7 Å². The zero-order valence-corrected chi connectivity index (χ0v) is 20.5. The van der Waals surface area contributed by atoms with Crippen LogP contribution in [-0.2, 0) is 7.05 Å². The number of nitrogens with two attached hydrogens (primary N) is 1. The van der Waals surface area contributed by atoms with Crippen LogP contribution >= 0.6 is 39.7 Å². The molecule has 170 valence electrons. The molecule has 31 heavy (non-hydrogen) atoms. The molecule has 0 aliphatic rings. The zero-order chi connectivity index (χ0) is 23.6. The first-order valence-corrected chi connectivity index (χ1v) is 10.3. The average molecular weight is 537 g/mol. The second-order valence-corrected chi connectivity index (χ2v) is 6.79. The summed E-state index contributed by atoms with van der Waals surface area (Å²) in [4.78, 5) is 4.60. The van der Waals surface area contributed by atoms with Gasteiger partial charge in [-0.2, -0.15) is 0 Å². The van der Waals surface area contributed by atoms with Gasteiger partial charge in [0.1, 0.15) is 5.75 Å². The average Bonchev–Trinajstić information content (AvgIpc) is 3.18. The maximum Gasteiger partial charge on any atom is 0.174 e. The predicted molar refractivity (Wildman–Crippen MR) is 127 cm³/mol. The predicted octanol–water partition coefficient (Wildman–Crippen LogP) is 4.78. The quantitative estimate of drug-likeness (QED) is 0.388. The first kappa shape index (κ1) is 26.9. The third-order valence-electron chi connectivity index (χ3n) is 4.23. The number of nitrogens with zero attached hydrogens (tertiary/aromatic N) is 2. The summed E-state index contributed by atoms with van der Waals surface area (Å²) in [7, 11) is 5.17. The molecule has 1 aromatic heterocycles. The number of anilines is 1. The monoisotopic (exact) mass is 535 g/mol. The van der Waals surface area contributed by atoms with E-state index in [4.69, 9.17) is 29.3 Å². The molecule has 0 aliphatic carbocycles. The molecule has 0 spiro atoms. The number of imidazole rings is 1. The first-order chi connectivity index (χ1) is 15.0. The van der Waals surface area contributed by atoms with Gasteiger partial charge in [0.2, 0.25) is 0 Å². The van der Waals surface area contributed by atoms with Crippen molar-refractivity contribution in [3.8, 4) is 39.8 Å². The number of nitrogen functional groups attached to an aromatic ring is 1. The van der Waals surface area contributed by atoms with Crippen LogP contribution in [0.4, 0.5) is 5.69 Å². The van der Waals surface area contributed by atoms with Gasteiger partial charge in [0, 0.05) is 18.2 Å². The summed E-state index contributed by atoms with van der Waals surface area (Å²) in [5.41, 5.74) is 10.4. The van der Waals surface area contributed by atoms with Gasteiger partial charge in [-0.25, -0.2) is 4.98 Å². The van der Waals surface area contributed by atoms with E-state index in [2.05, 4.69) is 44.6 Å². The van der Waals surface area contributed by atoms with E-state index in [0.29, 0.717) is 29.5 Å². The van der Waals surface area contributed by atoms with Gasteiger partial charge in [-0.05, 0) is 53.2 Å². The highest BCUT2D eigenvalue weighted by Crippen LogP contribution is 2.41. The van der Waals surface area contributed by atoms with Crippen molar-refractivity contribution in [3.05, 3.63) is 41.1 Å². The molecule has 1 heterocycles. The Morgan fingerprint density at radius 3 is 2.26 bits per heavy atom. The van der Waals surface area contributed by atoms with Crippen LogP contribution in [0.3, 0.4) is 0 Å². The fraction of sp³-hybridized carbons (Fsp3) is 0.250. The van der Waals surface area contributed by atoms with Crippen LogP contribution in [0.25, 0.3) is 22.5 Å². The molecule has 0 radical (unpaired) electrons. The second kappa shape index (κ2) is 13.3. The fourth-order valence-electron chi connectivity index (χ4n) is 3.02. The van der Waals surface area contributed by atoms with Crippen molar-refractivity contribution in [1.82, 2.24) is 9.55 Å². The molecule has 0 fully saturated rings. The van der Waals surface area contributed by atoms with Gasteiger partial charge in [0.25, 0.3) is 0 Å².